The molecule has 2 aliphatic rings. The van der Waals surface area contributed by atoms with Crippen LogP contribution in [0.3, 0.4) is 0 Å². The normalized spacial score (nSPS) is 23.7. The molecule has 2 N–H and O–H groups in total. The van der Waals surface area contributed by atoms with E-state index in [-0.39, 0.29) is 24.2 Å². The van der Waals surface area contributed by atoms with Gasteiger partial charge < -0.3 is 10.6 Å². The third-order valence-corrected chi connectivity index (χ3v) is 8.37. The van der Waals surface area contributed by atoms with Gasteiger partial charge in [0.2, 0.25) is 22.1 Å². The molecular formula is C22H25N7O2S2. The Labute approximate surface area is 199 Å². The molecule has 33 heavy (non-hydrogen) atoms. The van der Waals surface area contributed by atoms with Gasteiger partial charge in [0.15, 0.2) is 0 Å². The maximum Gasteiger partial charge on any atom is 0.232 e. The molecule has 0 bridgehead atoms. The van der Waals surface area contributed by atoms with Crippen LogP contribution in [0.1, 0.15) is 67.1 Å². The van der Waals surface area contributed by atoms with Gasteiger partial charge in [-0.3, -0.25) is 14.6 Å². The molecule has 3 aromatic heterocycles. The van der Waals surface area contributed by atoms with Crippen molar-refractivity contribution in [2.45, 2.75) is 57.8 Å². The zero-order valence-electron chi connectivity index (χ0n) is 18.4. The number of anilines is 2. The summed E-state index contributed by atoms with van der Waals surface area (Å²) in [6, 6.07) is 5.52. The highest BCUT2D eigenvalue weighted by Gasteiger charge is 2.55. The maximum absolute atomic E-state index is 12.2. The second kappa shape index (κ2) is 8.86. The fourth-order valence-corrected chi connectivity index (χ4v) is 6.34. The van der Waals surface area contributed by atoms with Gasteiger partial charge >= 0.3 is 0 Å². The Morgan fingerprint density at radius 2 is 1.58 bits per heavy atom. The second-order valence-corrected chi connectivity index (χ2v) is 11.3. The number of nitrogens with one attached hydrogen (secondary N) is 2. The summed E-state index contributed by atoms with van der Waals surface area (Å²) in [6.07, 6.45) is 6.28. The number of carbonyl (C=O) groups excluding carboxylic acids is 2. The molecule has 0 aromatic carbocycles. The van der Waals surface area contributed by atoms with Crippen molar-refractivity contribution in [3.05, 3.63) is 40.1 Å². The predicted molar refractivity (Wildman–Crippen MR) is 126 cm³/mol. The zero-order chi connectivity index (χ0) is 23.0. The van der Waals surface area contributed by atoms with E-state index >= 15 is 0 Å². The number of pyridine rings is 1. The molecular weight excluding hydrogens is 458 g/mol. The minimum atomic E-state index is -0.135. The Bertz CT molecular complexity index is 1150. The topological polar surface area (TPSA) is 123 Å². The van der Waals surface area contributed by atoms with E-state index < -0.39 is 0 Å². The van der Waals surface area contributed by atoms with Gasteiger partial charge in [0.05, 0.1) is 6.42 Å². The molecule has 0 saturated heterocycles. The van der Waals surface area contributed by atoms with Crippen molar-refractivity contribution in [3.63, 3.8) is 0 Å². The van der Waals surface area contributed by atoms with Crippen molar-refractivity contribution < 1.29 is 9.59 Å². The lowest BCUT2D eigenvalue weighted by atomic mass is 9.48. The van der Waals surface area contributed by atoms with Crippen LogP contribution in [-0.2, 0) is 16.0 Å². The molecule has 11 heteroatoms. The minimum Gasteiger partial charge on any atom is -0.300 e. The van der Waals surface area contributed by atoms with E-state index in [1.54, 1.807) is 6.20 Å². The largest absolute Gasteiger partial charge is 0.300 e. The number of hydrogen-bond donors (Lipinski definition) is 2. The van der Waals surface area contributed by atoms with Crippen molar-refractivity contribution in [3.8, 4) is 0 Å². The fourth-order valence-electron chi connectivity index (χ4n) is 4.63. The molecule has 2 aliphatic carbocycles. The van der Waals surface area contributed by atoms with Gasteiger partial charge in [0, 0.05) is 29.6 Å². The first-order chi connectivity index (χ1) is 15.9. The third kappa shape index (κ3) is 4.79. The van der Waals surface area contributed by atoms with Crippen LogP contribution >= 0.6 is 22.7 Å². The lowest BCUT2D eigenvalue weighted by Gasteiger charge is -2.56. The summed E-state index contributed by atoms with van der Waals surface area (Å²) >= 11 is 2.95. The standard InChI is InChI=1S/C22H25N7O2S2/c1-12(2)17(31)25-21-29-27-19(33-21)14-10-22(11-14)8-13(9-22)18-26-28-20(32-18)24-16(30)7-15-5-3-4-6-23-15/h3-6,12-14H,7-11H2,1-2H3,(H,24,28,30)(H,25,29,31). The number of carbonyl (C=O) groups is 2. The molecule has 3 heterocycles. The summed E-state index contributed by atoms with van der Waals surface area (Å²) in [6.45, 7) is 3.72. The summed E-state index contributed by atoms with van der Waals surface area (Å²) in [5, 5.41) is 25.7. The molecule has 0 unspecified atom stereocenters. The van der Waals surface area contributed by atoms with Gasteiger partial charge in [-0.1, -0.05) is 42.6 Å². The molecule has 0 radical (unpaired) electrons. The van der Waals surface area contributed by atoms with E-state index in [1.807, 2.05) is 32.0 Å². The van der Waals surface area contributed by atoms with E-state index in [9.17, 15) is 9.59 Å². The molecule has 9 nitrogen and oxygen atoms in total. The van der Waals surface area contributed by atoms with Crippen LogP contribution < -0.4 is 10.6 Å². The Morgan fingerprint density at radius 1 is 0.970 bits per heavy atom. The van der Waals surface area contributed by atoms with Gasteiger partial charge in [-0.15, -0.1) is 20.4 Å². The highest BCUT2D eigenvalue weighted by Crippen LogP contribution is 2.66. The average Bonchev–Trinajstić information content (AvgIpc) is 3.36. The van der Waals surface area contributed by atoms with Crippen molar-refractivity contribution in [2.24, 2.45) is 11.3 Å². The van der Waals surface area contributed by atoms with Crippen LogP contribution in [0, 0.1) is 11.3 Å². The number of aromatic nitrogens is 5. The summed E-state index contributed by atoms with van der Waals surface area (Å²) in [4.78, 5) is 28.2. The Morgan fingerprint density at radius 3 is 2.12 bits per heavy atom. The molecule has 172 valence electrons. The molecule has 0 atom stereocenters. The Hall–Kier alpha value is -2.79. The number of rotatable bonds is 7. The first-order valence-electron chi connectivity index (χ1n) is 11.1. The lowest BCUT2D eigenvalue weighted by molar-refractivity contribution is -0.119. The maximum atomic E-state index is 12.2. The van der Waals surface area contributed by atoms with Crippen LogP contribution in [-0.4, -0.2) is 37.2 Å². The first kappa shape index (κ1) is 22.0. The van der Waals surface area contributed by atoms with Gasteiger partial charge in [0.25, 0.3) is 0 Å². The van der Waals surface area contributed by atoms with Crippen molar-refractivity contribution in [2.75, 3.05) is 10.6 Å². The third-order valence-electron chi connectivity index (χ3n) is 6.37. The van der Waals surface area contributed by atoms with Gasteiger partial charge in [0.1, 0.15) is 10.0 Å². The quantitative estimate of drug-likeness (QED) is 0.521. The highest BCUT2D eigenvalue weighted by atomic mass is 32.1. The van der Waals surface area contributed by atoms with E-state index in [2.05, 4.69) is 36.0 Å². The SMILES string of the molecule is CC(C)C(=O)Nc1nnc(C2CC3(CC(c4nnc(NC(=O)Cc5ccccn5)s4)C3)C2)s1. The van der Waals surface area contributed by atoms with E-state index in [0.29, 0.717) is 27.5 Å². The molecule has 2 amide bonds. The highest BCUT2D eigenvalue weighted by molar-refractivity contribution is 7.15. The predicted octanol–water partition coefficient (Wildman–Crippen LogP) is 4.00. The lowest BCUT2D eigenvalue weighted by Crippen LogP contribution is -2.45. The minimum absolute atomic E-state index is 0.0334. The Balaban J connectivity index is 1.09. The number of nitrogens with zero attached hydrogens (tertiary/aromatic N) is 5. The van der Waals surface area contributed by atoms with Gasteiger partial charge in [-0.25, -0.2) is 0 Å². The summed E-state index contributed by atoms with van der Waals surface area (Å²) in [5.74, 6) is 0.578. The summed E-state index contributed by atoms with van der Waals surface area (Å²) < 4.78 is 0. The molecule has 3 aromatic rings. The fraction of sp³-hybridized carbons (Fsp3) is 0.500. The monoisotopic (exact) mass is 483 g/mol. The smallest absolute Gasteiger partial charge is 0.232 e. The summed E-state index contributed by atoms with van der Waals surface area (Å²) in [7, 11) is 0. The number of hydrogen-bond acceptors (Lipinski definition) is 9. The first-order valence-corrected chi connectivity index (χ1v) is 12.7. The van der Waals surface area contributed by atoms with Crippen molar-refractivity contribution in [1.82, 2.24) is 25.4 Å². The van der Waals surface area contributed by atoms with Crippen LogP contribution in [0.2, 0.25) is 0 Å². The van der Waals surface area contributed by atoms with Crippen LogP contribution in [0.15, 0.2) is 24.4 Å². The van der Waals surface area contributed by atoms with Crippen LogP contribution in [0.4, 0.5) is 10.3 Å². The molecule has 2 saturated carbocycles. The van der Waals surface area contributed by atoms with Crippen LogP contribution in [0.25, 0.3) is 0 Å². The van der Waals surface area contributed by atoms with Crippen molar-refractivity contribution in [1.29, 1.82) is 0 Å². The summed E-state index contributed by atoms with van der Waals surface area (Å²) in [5.41, 5.74) is 1.08. The molecule has 1 spiro atoms. The van der Waals surface area contributed by atoms with Crippen molar-refractivity contribution >= 4 is 44.8 Å². The molecule has 2 fully saturated rings. The van der Waals surface area contributed by atoms with Gasteiger partial charge in [-0.05, 0) is 43.2 Å². The molecule has 0 aliphatic heterocycles. The number of amides is 2. The van der Waals surface area contributed by atoms with E-state index in [4.69, 9.17) is 0 Å². The average molecular weight is 484 g/mol. The Kier molecular flexibility index (Phi) is 5.92. The second-order valence-electron chi connectivity index (χ2n) is 9.29. The van der Waals surface area contributed by atoms with E-state index in [0.717, 1.165) is 41.4 Å². The van der Waals surface area contributed by atoms with Gasteiger partial charge in [-0.2, -0.15) is 0 Å². The van der Waals surface area contributed by atoms with Crippen LogP contribution in [0.5, 0.6) is 0 Å². The van der Waals surface area contributed by atoms with E-state index in [1.165, 1.54) is 22.7 Å². The zero-order valence-corrected chi connectivity index (χ0v) is 20.1. The molecule has 5 rings (SSSR count).